The van der Waals surface area contributed by atoms with Crippen molar-refractivity contribution < 1.29 is 13.2 Å². The van der Waals surface area contributed by atoms with Gasteiger partial charge in [0.2, 0.25) is 5.91 Å². The molecule has 0 aromatic carbocycles. The van der Waals surface area contributed by atoms with Crippen LogP contribution in [0.25, 0.3) is 0 Å². The van der Waals surface area contributed by atoms with Gasteiger partial charge in [0.15, 0.2) is 9.84 Å². The third kappa shape index (κ3) is 3.65. The van der Waals surface area contributed by atoms with Crippen LogP contribution in [-0.4, -0.2) is 43.4 Å². The molecular formula is C16H23N3O3S. The summed E-state index contributed by atoms with van der Waals surface area (Å²) in [5.41, 5.74) is 0.695. The van der Waals surface area contributed by atoms with Gasteiger partial charge in [-0.1, -0.05) is 6.42 Å². The van der Waals surface area contributed by atoms with Gasteiger partial charge >= 0.3 is 0 Å². The number of aromatic nitrogens is 1. The molecule has 1 saturated carbocycles. The van der Waals surface area contributed by atoms with Gasteiger partial charge in [0, 0.05) is 18.5 Å². The van der Waals surface area contributed by atoms with Gasteiger partial charge in [-0.05, 0) is 38.3 Å². The molecule has 1 aromatic rings. The molecule has 1 saturated heterocycles. The van der Waals surface area contributed by atoms with Crippen LogP contribution in [-0.2, 0) is 14.6 Å². The van der Waals surface area contributed by atoms with Gasteiger partial charge in [0.05, 0.1) is 23.4 Å². The quantitative estimate of drug-likeness (QED) is 0.887. The highest BCUT2D eigenvalue weighted by Gasteiger charge is 2.32. The van der Waals surface area contributed by atoms with Gasteiger partial charge in [-0.25, -0.2) is 13.4 Å². The molecule has 1 aliphatic carbocycles. The standard InChI is InChI=1S/C16H23N3O3S/c1-2-19(14-8-9-23(21,22)11-14)15-7-6-13(10-17-15)18-16(20)12-4-3-5-12/h6-7,10,12,14H,2-5,8-9,11H2,1H3,(H,18,20). The van der Waals surface area contributed by atoms with Gasteiger partial charge in [-0.15, -0.1) is 0 Å². The van der Waals surface area contributed by atoms with Crippen LogP contribution in [0.15, 0.2) is 18.3 Å². The first kappa shape index (κ1) is 16.2. The second kappa shape index (κ2) is 6.47. The molecule has 0 spiro atoms. The van der Waals surface area contributed by atoms with Crippen LogP contribution < -0.4 is 10.2 Å². The highest BCUT2D eigenvalue weighted by molar-refractivity contribution is 7.91. The summed E-state index contributed by atoms with van der Waals surface area (Å²) < 4.78 is 23.3. The monoisotopic (exact) mass is 337 g/mol. The molecule has 0 radical (unpaired) electrons. The van der Waals surface area contributed by atoms with Gasteiger partial charge in [0.1, 0.15) is 5.82 Å². The molecule has 1 unspecified atom stereocenters. The molecule has 2 aliphatic rings. The summed E-state index contributed by atoms with van der Waals surface area (Å²) in [7, 11) is -2.92. The number of hydrogen-bond acceptors (Lipinski definition) is 5. The van der Waals surface area contributed by atoms with E-state index in [1.807, 2.05) is 24.0 Å². The molecule has 2 heterocycles. The average molecular weight is 337 g/mol. The molecule has 2 fully saturated rings. The number of sulfone groups is 1. The van der Waals surface area contributed by atoms with Gasteiger partial charge < -0.3 is 10.2 Å². The van der Waals surface area contributed by atoms with Crippen LogP contribution in [0.4, 0.5) is 11.5 Å². The van der Waals surface area contributed by atoms with Crippen LogP contribution in [0.5, 0.6) is 0 Å². The predicted octanol–water partition coefficient (Wildman–Crippen LogP) is 1.83. The van der Waals surface area contributed by atoms with Crippen LogP contribution >= 0.6 is 0 Å². The number of pyridine rings is 1. The second-order valence-corrected chi connectivity index (χ2v) is 8.59. The molecule has 126 valence electrons. The van der Waals surface area contributed by atoms with E-state index in [-0.39, 0.29) is 29.4 Å². The van der Waals surface area contributed by atoms with E-state index in [4.69, 9.17) is 0 Å². The number of carbonyl (C=O) groups is 1. The number of nitrogens with one attached hydrogen (secondary N) is 1. The van der Waals surface area contributed by atoms with Crippen molar-refractivity contribution in [2.24, 2.45) is 5.92 Å². The summed E-state index contributed by atoms with van der Waals surface area (Å²) in [4.78, 5) is 18.4. The first-order valence-electron chi connectivity index (χ1n) is 8.22. The topological polar surface area (TPSA) is 79.4 Å². The molecule has 0 bridgehead atoms. The first-order chi connectivity index (χ1) is 11.0. The lowest BCUT2D eigenvalue weighted by Gasteiger charge is -2.28. The highest BCUT2D eigenvalue weighted by atomic mass is 32.2. The number of anilines is 2. The number of carbonyl (C=O) groups excluding carboxylic acids is 1. The van der Waals surface area contributed by atoms with Crippen molar-refractivity contribution in [1.29, 1.82) is 0 Å². The van der Waals surface area contributed by atoms with Crippen LogP contribution in [0.2, 0.25) is 0 Å². The smallest absolute Gasteiger partial charge is 0.227 e. The predicted molar refractivity (Wildman–Crippen MR) is 90.3 cm³/mol. The normalized spacial score (nSPS) is 23.3. The highest BCUT2D eigenvalue weighted by Crippen LogP contribution is 2.28. The Hall–Kier alpha value is -1.63. The zero-order chi connectivity index (χ0) is 16.4. The third-order valence-corrected chi connectivity index (χ3v) is 6.53. The maximum atomic E-state index is 11.9. The molecule has 23 heavy (non-hydrogen) atoms. The fourth-order valence-corrected chi connectivity index (χ4v) is 4.90. The lowest BCUT2D eigenvalue weighted by atomic mass is 9.85. The Labute approximate surface area is 137 Å². The summed E-state index contributed by atoms with van der Waals surface area (Å²) in [6, 6.07) is 3.68. The van der Waals surface area contributed by atoms with Crippen LogP contribution in [0.3, 0.4) is 0 Å². The zero-order valence-electron chi connectivity index (χ0n) is 13.4. The van der Waals surface area contributed by atoms with E-state index >= 15 is 0 Å². The molecule has 1 N–H and O–H groups in total. The van der Waals surface area contributed by atoms with E-state index in [9.17, 15) is 13.2 Å². The molecular weight excluding hydrogens is 314 g/mol. The maximum Gasteiger partial charge on any atom is 0.227 e. The Morgan fingerprint density at radius 1 is 1.35 bits per heavy atom. The van der Waals surface area contributed by atoms with E-state index in [0.29, 0.717) is 18.7 Å². The number of amides is 1. The number of nitrogens with zero attached hydrogens (tertiary/aromatic N) is 2. The molecule has 1 amide bonds. The molecule has 1 aromatic heterocycles. The minimum atomic E-state index is -2.92. The number of hydrogen-bond donors (Lipinski definition) is 1. The van der Waals surface area contributed by atoms with E-state index in [0.717, 1.165) is 25.1 Å². The van der Waals surface area contributed by atoms with Crippen molar-refractivity contribution >= 4 is 27.2 Å². The Kier molecular flexibility index (Phi) is 4.57. The van der Waals surface area contributed by atoms with Crippen molar-refractivity contribution in [1.82, 2.24) is 4.98 Å². The Morgan fingerprint density at radius 2 is 2.13 bits per heavy atom. The van der Waals surface area contributed by atoms with Crippen molar-refractivity contribution in [2.75, 3.05) is 28.3 Å². The van der Waals surface area contributed by atoms with Crippen molar-refractivity contribution in [3.05, 3.63) is 18.3 Å². The maximum absolute atomic E-state index is 11.9. The fraction of sp³-hybridized carbons (Fsp3) is 0.625. The Morgan fingerprint density at radius 3 is 2.61 bits per heavy atom. The van der Waals surface area contributed by atoms with E-state index in [1.54, 1.807) is 6.20 Å². The summed E-state index contributed by atoms with van der Waals surface area (Å²) in [6.45, 7) is 2.71. The van der Waals surface area contributed by atoms with Crippen molar-refractivity contribution in [3.8, 4) is 0 Å². The average Bonchev–Trinajstić information content (AvgIpc) is 2.79. The molecule has 1 atom stereocenters. The van der Waals surface area contributed by atoms with Gasteiger partial charge in [-0.2, -0.15) is 0 Å². The molecule has 6 nitrogen and oxygen atoms in total. The minimum absolute atomic E-state index is 0.00656. The minimum Gasteiger partial charge on any atom is -0.353 e. The molecule has 1 aliphatic heterocycles. The van der Waals surface area contributed by atoms with Gasteiger partial charge in [-0.3, -0.25) is 4.79 Å². The van der Waals surface area contributed by atoms with E-state index < -0.39 is 9.84 Å². The zero-order valence-corrected chi connectivity index (χ0v) is 14.2. The number of rotatable bonds is 5. The van der Waals surface area contributed by atoms with Crippen LogP contribution in [0, 0.1) is 5.92 Å². The lowest BCUT2D eigenvalue weighted by molar-refractivity contribution is -0.122. The summed E-state index contributed by atoms with van der Waals surface area (Å²) in [5, 5.41) is 2.89. The van der Waals surface area contributed by atoms with Gasteiger partial charge in [0.25, 0.3) is 0 Å². The fourth-order valence-electron chi connectivity index (χ4n) is 3.17. The second-order valence-electron chi connectivity index (χ2n) is 6.37. The first-order valence-corrected chi connectivity index (χ1v) is 10.0. The SMILES string of the molecule is CCN(c1ccc(NC(=O)C2CCC2)cn1)C1CCS(=O)(=O)C1. The summed E-state index contributed by atoms with van der Waals surface area (Å²) >= 11 is 0. The van der Waals surface area contributed by atoms with Crippen molar-refractivity contribution in [2.45, 2.75) is 38.6 Å². The molecule has 3 rings (SSSR count). The Balaban J connectivity index is 1.66. The largest absolute Gasteiger partial charge is 0.353 e. The third-order valence-electron chi connectivity index (χ3n) is 4.78. The van der Waals surface area contributed by atoms with Crippen LogP contribution in [0.1, 0.15) is 32.6 Å². The Bertz CT molecular complexity index is 668. The molecule has 7 heteroatoms. The lowest BCUT2D eigenvalue weighted by Crippen LogP contribution is -2.36. The summed E-state index contributed by atoms with van der Waals surface area (Å²) in [5.74, 6) is 1.42. The van der Waals surface area contributed by atoms with E-state index in [1.165, 1.54) is 0 Å². The summed E-state index contributed by atoms with van der Waals surface area (Å²) in [6.07, 6.45) is 5.37. The van der Waals surface area contributed by atoms with E-state index in [2.05, 4.69) is 10.3 Å². The van der Waals surface area contributed by atoms with Crippen molar-refractivity contribution in [3.63, 3.8) is 0 Å².